The summed E-state index contributed by atoms with van der Waals surface area (Å²) in [6.45, 7) is 7.72. The molecule has 1 aliphatic rings. The van der Waals surface area contributed by atoms with E-state index in [0.717, 1.165) is 53.5 Å². The van der Waals surface area contributed by atoms with Gasteiger partial charge >= 0.3 is 0 Å². The number of rotatable bonds is 5. The lowest BCUT2D eigenvalue weighted by Gasteiger charge is -2.28. The molecule has 0 saturated heterocycles. The second kappa shape index (κ2) is 8.38. The van der Waals surface area contributed by atoms with Gasteiger partial charge in [-0.25, -0.2) is 9.50 Å². The molecule has 30 heavy (non-hydrogen) atoms. The first-order valence-electron chi connectivity index (χ1n) is 10.2. The number of anilines is 1. The Morgan fingerprint density at radius 3 is 2.67 bits per heavy atom. The molecule has 7 nitrogen and oxygen atoms in total. The molecule has 0 aliphatic carbocycles. The number of nitrogens with zero attached hydrogens (tertiary/aromatic N) is 4. The van der Waals surface area contributed by atoms with Crippen molar-refractivity contribution >= 4 is 22.8 Å². The van der Waals surface area contributed by atoms with Gasteiger partial charge in [-0.15, -0.1) is 0 Å². The number of hydrogen-bond acceptors (Lipinski definition) is 5. The summed E-state index contributed by atoms with van der Waals surface area (Å²) in [5, 5.41) is 18.1. The maximum absolute atomic E-state index is 11.1. The molecule has 0 unspecified atom stereocenters. The fourth-order valence-corrected chi connectivity index (χ4v) is 3.90. The summed E-state index contributed by atoms with van der Waals surface area (Å²) in [6, 6.07) is 11.4. The van der Waals surface area contributed by atoms with Crippen LogP contribution in [0, 0.1) is 13.8 Å². The SMILES string of the molecule is CC(=O)Nc1ccc([C@H](O)CN2CC=C(c3cc4nc(C)cc(C)n4n3)CC2)cc1. The van der Waals surface area contributed by atoms with Crippen LogP contribution in [0.3, 0.4) is 0 Å². The summed E-state index contributed by atoms with van der Waals surface area (Å²) in [5.41, 5.74) is 6.73. The average molecular weight is 406 g/mol. The normalized spacial score (nSPS) is 15.8. The summed E-state index contributed by atoms with van der Waals surface area (Å²) >= 11 is 0. The Morgan fingerprint density at radius 2 is 2.00 bits per heavy atom. The van der Waals surface area contributed by atoms with E-state index in [4.69, 9.17) is 5.10 Å². The number of aliphatic hydroxyl groups is 1. The van der Waals surface area contributed by atoms with Gasteiger partial charge in [0.2, 0.25) is 5.91 Å². The Hall–Kier alpha value is -3.03. The predicted molar refractivity (Wildman–Crippen MR) is 117 cm³/mol. The lowest BCUT2D eigenvalue weighted by molar-refractivity contribution is -0.114. The van der Waals surface area contributed by atoms with E-state index in [-0.39, 0.29) is 5.91 Å². The van der Waals surface area contributed by atoms with E-state index in [2.05, 4.69) is 21.3 Å². The van der Waals surface area contributed by atoms with Crippen molar-refractivity contribution in [2.45, 2.75) is 33.3 Å². The highest BCUT2D eigenvalue weighted by Gasteiger charge is 2.19. The molecule has 2 N–H and O–H groups in total. The number of β-amino-alcohol motifs (C(OH)–C–C–N with tert-alkyl or cyclic N) is 1. The van der Waals surface area contributed by atoms with E-state index in [1.165, 1.54) is 12.5 Å². The quantitative estimate of drug-likeness (QED) is 0.682. The van der Waals surface area contributed by atoms with Crippen LogP contribution in [0.25, 0.3) is 11.2 Å². The van der Waals surface area contributed by atoms with E-state index < -0.39 is 6.10 Å². The van der Waals surface area contributed by atoms with Gasteiger partial charge in [0.1, 0.15) is 0 Å². The third-order valence-electron chi connectivity index (χ3n) is 5.40. The highest BCUT2D eigenvalue weighted by atomic mass is 16.3. The van der Waals surface area contributed by atoms with Crippen molar-refractivity contribution in [3.05, 3.63) is 65.1 Å². The number of benzene rings is 1. The zero-order chi connectivity index (χ0) is 21.3. The molecule has 1 amide bonds. The molecule has 1 aromatic carbocycles. The molecule has 3 heterocycles. The average Bonchev–Trinajstić information content (AvgIpc) is 3.13. The smallest absolute Gasteiger partial charge is 0.221 e. The Morgan fingerprint density at radius 1 is 1.23 bits per heavy atom. The van der Waals surface area contributed by atoms with Crippen molar-refractivity contribution in [1.29, 1.82) is 0 Å². The Balaban J connectivity index is 1.40. The first-order chi connectivity index (χ1) is 14.4. The van der Waals surface area contributed by atoms with Gasteiger partial charge in [-0.2, -0.15) is 5.10 Å². The number of hydrogen-bond donors (Lipinski definition) is 2. The predicted octanol–water partition coefficient (Wildman–Crippen LogP) is 3.13. The molecular weight excluding hydrogens is 378 g/mol. The van der Waals surface area contributed by atoms with E-state index in [9.17, 15) is 9.90 Å². The highest BCUT2D eigenvalue weighted by molar-refractivity contribution is 5.88. The van der Waals surface area contributed by atoms with Crippen LogP contribution in [-0.4, -0.2) is 50.1 Å². The lowest BCUT2D eigenvalue weighted by Crippen LogP contribution is -2.32. The Bertz CT molecular complexity index is 1100. The Kier molecular flexibility index (Phi) is 5.65. The molecule has 0 bridgehead atoms. The summed E-state index contributed by atoms with van der Waals surface area (Å²) in [5.74, 6) is -0.106. The number of carbonyl (C=O) groups is 1. The van der Waals surface area contributed by atoms with Gasteiger partial charge in [0, 0.05) is 49.7 Å². The van der Waals surface area contributed by atoms with Gasteiger partial charge in [-0.1, -0.05) is 18.2 Å². The van der Waals surface area contributed by atoms with Crippen molar-refractivity contribution in [2.75, 3.05) is 25.0 Å². The zero-order valence-corrected chi connectivity index (χ0v) is 17.6. The van der Waals surface area contributed by atoms with Gasteiger partial charge < -0.3 is 10.4 Å². The van der Waals surface area contributed by atoms with Crippen LogP contribution in [0.2, 0.25) is 0 Å². The van der Waals surface area contributed by atoms with Gasteiger partial charge in [0.05, 0.1) is 11.8 Å². The van der Waals surface area contributed by atoms with E-state index in [1.54, 1.807) is 0 Å². The van der Waals surface area contributed by atoms with Gasteiger partial charge in [0.15, 0.2) is 5.65 Å². The maximum Gasteiger partial charge on any atom is 0.221 e. The molecule has 0 spiro atoms. The Labute approximate surface area is 176 Å². The first-order valence-corrected chi connectivity index (χ1v) is 10.2. The summed E-state index contributed by atoms with van der Waals surface area (Å²) in [7, 11) is 0. The van der Waals surface area contributed by atoms with Crippen molar-refractivity contribution < 1.29 is 9.90 Å². The third-order valence-corrected chi connectivity index (χ3v) is 5.40. The van der Waals surface area contributed by atoms with Crippen molar-refractivity contribution in [3.8, 4) is 0 Å². The van der Waals surface area contributed by atoms with Crippen LogP contribution in [0.15, 0.2) is 42.5 Å². The standard InChI is InChI=1S/C23H27N5O2/c1-15-12-16(2)28-23(24-15)13-21(26-28)18-8-10-27(11-9-18)14-22(30)19-4-6-20(7-5-19)25-17(3)29/h4-8,12-13,22,30H,9-11,14H2,1-3H3,(H,25,29)/t22-/m1/s1. The monoisotopic (exact) mass is 405 g/mol. The number of aryl methyl sites for hydroxylation is 2. The summed E-state index contributed by atoms with van der Waals surface area (Å²) in [6.07, 6.45) is 2.51. The van der Waals surface area contributed by atoms with Crippen LogP contribution in [0.1, 0.15) is 42.1 Å². The zero-order valence-electron chi connectivity index (χ0n) is 17.6. The van der Waals surface area contributed by atoms with E-state index in [1.807, 2.05) is 54.8 Å². The molecular formula is C23H27N5O2. The maximum atomic E-state index is 11.1. The van der Waals surface area contributed by atoms with Gasteiger partial charge in [-0.05, 0) is 49.6 Å². The molecule has 2 aromatic heterocycles. The van der Waals surface area contributed by atoms with Crippen LogP contribution in [0.5, 0.6) is 0 Å². The topological polar surface area (TPSA) is 82.8 Å². The minimum absolute atomic E-state index is 0.106. The van der Waals surface area contributed by atoms with Crippen LogP contribution >= 0.6 is 0 Å². The fraction of sp³-hybridized carbons (Fsp3) is 0.348. The van der Waals surface area contributed by atoms with E-state index in [0.29, 0.717) is 6.54 Å². The minimum Gasteiger partial charge on any atom is -0.387 e. The number of fused-ring (bicyclic) bond motifs is 1. The summed E-state index contributed by atoms with van der Waals surface area (Å²) < 4.78 is 1.89. The highest BCUT2D eigenvalue weighted by Crippen LogP contribution is 2.25. The molecule has 3 aromatic rings. The third kappa shape index (κ3) is 4.42. The molecule has 1 aliphatic heterocycles. The summed E-state index contributed by atoms with van der Waals surface area (Å²) in [4.78, 5) is 17.9. The fourth-order valence-electron chi connectivity index (χ4n) is 3.90. The number of carbonyl (C=O) groups excluding carboxylic acids is 1. The van der Waals surface area contributed by atoms with Crippen molar-refractivity contribution in [3.63, 3.8) is 0 Å². The second-order valence-corrected chi connectivity index (χ2v) is 7.90. The second-order valence-electron chi connectivity index (χ2n) is 7.90. The largest absolute Gasteiger partial charge is 0.387 e. The minimum atomic E-state index is -0.573. The van der Waals surface area contributed by atoms with Gasteiger partial charge in [-0.3, -0.25) is 9.69 Å². The molecule has 7 heteroatoms. The molecule has 0 saturated carbocycles. The van der Waals surface area contributed by atoms with E-state index >= 15 is 0 Å². The van der Waals surface area contributed by atoms with Crippen LogP contribution < -0.4 is 5.32 Å². The van der Waals surface area contributed by atoms with Crippen LogP contribution in [-0.2, 0) is 4.79 Å². The molecule has 4 rings (SSSR count). The molecule has 156 valence electrons. The molecule has 0 fully saturated rings. The number of amides is 1. The van der Waals surface area contributed by atoms with Gasteiger partial charge in [0.25, 0.3) is 0 Å². The lowest BCUT2D eigenvalue weighted by atomic mass is 10.0. The number of aliphatic hydroxyl groups excluding tert-OH is 1. The first kappa shape index (κ1) is 20.3. The van der Waals surface area contributed by atoms with Crippen molar-refractivity contribution in [1.82, 2.24) is 19.5 Å². The molecule has 0 radical (unpaired) electrons. The van der Waals surface area contributed by atoms with Crippen LogP contribution in [0.4, 0.5) is 5.69 Å². The number of aromatic nitrogens is 3. The van der Waals surface area contributed by atoms with Crippen molar-refractivity contribution in [2.24, 2.45) is 0 Å². The number of nitrogens with one attached hydrogen (secondary N) is 1. The molecule has 1 atom stereocenters.